The SMILES string of the molecule is S=C(Nc1cnn(Cc2ccccc2Cl)c1)N1CCN(Cc2cccnc2)CC1. The van der Waals surface area contributed by atoms with E-state index in [0.29, 0.717) is 6.54 Å². The number of aromatic nitrogens is 3. The first kappa shape index (κ1) is 19.8. The lowest BCUT2D eigenvalue weighted by atomic mass is 10.2. The maximum Gasteiger partial charge on any atom is 0.173 e. The van der Waals surface area contributed by atoms with Crippen molar-refractivity contribution in [3.8, 4) is 0 Å². The van der Waals surface area contributed by atoms with E-state index in [0.717, 1.165) is 54.1 Å². The highest BCUT2D eigenvalue weighted by Gasteiger charge is 2.19. The topological polar surface area (TPSA) is 49.2 Å². The summed E-state index contributed by atoms with van der Waals surface area (Å²) in [4.78, 5) is 8.83. The fourth-order valence-electron chi connectivity index (χ4n) is 3.38. The predicted molar refractivity (Wildman–Crippen MR) is 120 cm³/mol. The van der Waals surface area contributed by atoms with Gasteiger partial charge in [0.15, 0.2) is 5.11 Å². The van der Waals surface area contributed by atoms with Gasteiger partial charge in [0.1, 0.15) is 0 Å². The highest BCUT2D eigenvalue weighted by Crippen LogP contribution is 2.17. The molecule has 1 N–H and O–H groups in total. The van der Waals surface area contributed by atoms with Gasteiger partial charge in [-0.25, -0.2) is 0 Å². The standard InChI is InChI=1S/C21H23ClN6S/c22-20-6-2-1-5-18(20)15-28-16-19(13-24-28)25-21(29)27-10-8-26(9-11-27)14-17-4-3-7-23-12-17/h1-7,12-13,16H,8-11,14-15H2,(H,25,29). The molecule has 1 aliphatic heterocycles. The van der Waals surface area contributed by atoms with E-state index in [-0.39, 0.29) is 0 Å². The summed E-state index contributed by atoms with van der Waals surface area (Å²) in [6, 6.07) is 11.9. The van der Waals surface area contributed by atoms with Crippen LogP contribution in [-0.2, 0) is 13.1 Å². The lowest BCUT2D eigenvalue weighted by Gasteiger charge is -2.36. The molecule has 0 atom stereocenters. The van der Waals surface area contributed by atoms with Crippen molar-refractivity contribution >= 4 is 34.6 Å². The summed E-state index contributed by atoms with van der Waals surface area (Å²) in [5.41, 5.74) is 3.17. The average Bonchev–Trinajstić information content (AvgIpc) is 3.18. The molecular weight excluding hydrogens is 404 g/mol. The first-order chi connectivity index (χ1) is 14.2. The number of thiocarbonyl (C=S) groups is 1. The van der Waals surface area contributed by atoms with Gasteiger partial charge in [-0.3, -0.25) is 14.6 Å². The van der Waals surface area contributed by atoms with Gasteiger partial charge in [0.05, 0.1) is 18.4 Å². The second-order valence-electron chi connectivity index (χ2n) is 7.07. The molecule has 6 nitrogen and oxygen atoms in total. The summed E-state index contributed by atoms with van der Waals surface area (Å²) >= 11 is 11.9. The molecule has 0 bridgehead atoms. The smallest absolute Gasteiger partial charge is 0.173 e. The van der Waals surface area contributed by atoms with Crippen LogP contribution < -0.4 is 5.32 Å². The van der Waals surface area contributed by atoms with Gasteiger partial charge in [-0.2, -0.15) is 5.10 Å². The lowest BCUT2D eigenvalue weighted by Crippen LogP contribution is -2.49. The Bertz CT molecular complexity index is 953. The minimum absolute atomic E-state index is 0.626. The van der Waals surface area contributed by atoms with Crippen LogP contribution in [-0.4, -0.2) is 55.9 Å². The number of rotatable bonds is 5. The summed E-state index contributed by atoms with van der Waals surface area (Å²) in [6.07, 6.45) is 7.48. The van der Waals surface area contributed by atoms with Crippen molar-refractivity contribution in [2.75, 3.05) is 31.5 Å². The molecule has 0 unspecified atom stereocenters. The quantitative estimate of drug-likeness (QED) is 0.630. The Balaban J connectivity index is 1.27. The Hall–Kier alpha value is -2.48. The molecule has 0 saturated carbocycles. The van der Waals surface area contributed by atoms with Crippen LogP contribution in [0.1, 0.15) is 11.1 Å². The summed E-state index contributed by atoms with van der Waals surface area (Å²) in [7, 11) is 0. The third-order valence-corrected chi connectivity index (χ3v) is 5.69. The van der Waals surface area contributed by atoms with Gasteiger partial charge in [0, 0.05) is 56.3 Å². The molecular formula is C21H23ClN6S. The largest absolute Gasteiger partial charge is 0.346 e. The molecule has 2 aromatic heterocycles. The molecule has 1 fully saturated rings. The molecule has 150 valence electrons. The van der Waals surface area contributed by atoms with Crippen LogP contribution in [0.2, 0.25) is 5.02 Å². The molecule has 0 aliphatic carbocycles. The van der Waals surface area contributed by atoms with Gasteiger partial charge in [-0.1, -0.05) is 35.9 Å². The van der Waals surface area contributed by atoms with Gasteiger partial charge < -0.3 is 10.2 Å². The number of hydrogen-bond donors (Lipinski definition) is 1. The Labute approximate surface area is 181 Å². The fourth-order valence-corrected chi connectivity index (χ4v) is 3.87. The lowest BCUT2D eigenvalue weighted by molar-refractivity contribution is 0.177. The van der Waals surface area contributed by atoms with Crippen LogP contribution in [0.5, 0.6) is 0 Å². The average molecular weight is 427 g/mol. The second kappa shape index (κ2) is 9.35. The third-order valence-electron chi connectivity index (χ3n) is 4.96. The third kappa shape index (κ3) is 5.32. The zero-order valence-corrected chi connectivity index (χ0v) is 17.6. The van der Waals surface area contributed by atoms with E-state index in [4.69, 9.17) is 23.8 Å². The van der Waals surface area contributed by atoms with Crippen molar-refractivity contribution in [1.82, 2.24) is 24.6 Å². The number of nitrogens with zero attached hydrogens (tertiary/aromatic N) is 5. The molecule has 4 rings (SSSR count). The number of anilines is 1. The Morgan fingerprint density at radius 2 is 1.86 bits per heavy atom. The van der Waals surface area contributed by atoms with Crippen molar-refractivity contribution in [2.45, 2.75) is 13.1 Å². The van der Waals surface area contributed by atoms with E-state index >= 15 is 0 Å². The Kier molecular flexibility index (Phi) is 6.39. The van der Waals surface area contributed by atoms with E-state index in [9.17, 15) is 0 Å². The van der Waals surface area contributed by atoms with Gasteiger partial charge in [0.2, 0.25) is 0 Å². The Morgan fingerprint density at radius 3 is 2.62 bits per heavy atom. The number of nitrogens with one attached hydrogen (secondary N) is 1. The highest BCUT2D eigenvalue weighted by atomic mass is 35.5. The number of halogens is 1. The van der Waals surface area contributed by atoms with Gasteiger partial charge >= 0.3 is 0 Å². The van der Waals surface area contributed by atoms with Gasteiger partial charge in [0.25, 0.3) is 0 Å². The van der Waals surface area contributed by atoms with Crippen molar-refractivity contribution in [3.63, 3.8) is 0 Å². The molecule has 8 heteroatoms. The zero-order chi connectivity index (χ0) is 20.1. The predicted octanol–water partition coefficient (Wildman–Crippen LogP) is 3.49. The fraction of sp³-hybridized carbons (Fsp3) is 0.286. The minimum atomic E-state index is 0.626. The molecule has 1 saturated heterocycles. The molecule has 0 radical (unpaired) electrons. The second-order valence-corrected chi connectivity index (χ2v) is 7.87. The van der Waals surface area contributed by atoms with Crippen molar-refractivity contribution < 1.29 is 0 Å². The van der Waals surface area contributed by atoms with E-state index in [1.165, 1.54) is 5.56 Å². The van der Waals surface area contributed by atoms with E-state index in [1.807, 2.05) is 53.6 Å². The summed E-state index contributed by atoms with van der Waals surface area (Å²) < 4.78 is 1.86. The number of hydrogen-bond acceptors (Lipinski definition) is 4. The van der Waals surface area contributed by atoms with Crippen molar-refractivity contribution in [3.05, 3.63) is 77.3 Å². The summed E-state index contributed by atoms with van der Waals surface area (Å²) in [5.74, 6) is 0. The molecule has 3 heterocycles. The molecule has 1 aliphatic rings. The monoisotopic (exact) mass is 426 g/mol. The van der Waals surface area contributed by atoms with E-state index < -0.39 is 0 Å². The maximum absolute atomic E-state index is 6.24. The highest BCUT2D eigenvalue weighted by molar-refractivity contribution is 7.80. The first-order valence-electron chi connectivity index (χ1n) is 9.60. The summed E-state index contributed by atoms with van der Waals surface area (Å²) in [6.45, 7) is 5.31. The van der Waals surface area contributed by atoms with Crippen molar-refractivity contribution in [1.29, 1.82) is 0 Å². The zero-order valence-electron chi connectivity index (χ0n) is 16.0. The molecule has 0 spiro atoms. The van der Waals surface area contributed by atoms with Crippen LogP contribution >= 0.6 is 23.8 Å². The minimum Gasteiger partial charge on any atom is -0.346 e. The van der Waals surface area contributed by atoms with Crippen LogP contribution in [0.25, 0.3) is 0 Å². The molecule has 29 heavy (non-hydrogen) atoms. The van der Waals surface area contributed by atoms with Crippen LogP contribution in [0, 0.1) is 0 Å². The van der Waals surface area contributed by atoms with Crippen LogP contribution in [0.4, 0.5) is 5.69 Å². The molecule has 3 aromatic rings. The van der Waals surface area contributed by atoms with E-state index in [1.54, 1.807) is 6.20 Å². The van der Waals surface area contributed by atoms with Crippen molar-refractivity contribution in [2.24, 2.45) is 0 Å². The maximum atomic E-state index is 6.24. The Morgan fingerprint density at radius 1 is 1.03 bits per heavy atom. The van der Waals surface area contributed by atoms with Gasteiger partial charge in [-0.05, 0) is 35.5 Å². The first-order valence-corrected chi connectivity index (χ1v) is 10.4. The molecule has 0 amide bonds. The number of pyridine rings is 1. The van der Waals surface area contributed by atoms with Crippen LogP contribution in [0.3, 0.4) is 0 Å². The van der Waals surface area contributed by atoms with E-state index in [2.05, 4.69) is 31.3 Å². The van der Waals surface area contributed by atoms with Gasteiger partial charge in [-0.15, -0.1) is 0 Å². The normalized spacial score (nSPS) is 14.7. The number of piperazine rings is 1. The summed E-state index contributed by atoms with van der Waals surface area (Å²) in [5, 5.41) is 9.21. The molecule has 1 aromatic carbocycles. The number of benzene rings is 1. The van der Waals surface area contributed by atoms with Crippen LogP contribution in [0.15, 0.2) is 61.2 Å².